The molecule has 1 aromatic rings. The summed E-state index contributed by atoms with van der Waals surface area (Å²) >= 11 is 0.898. The van der Waals surface area contributed by atoms with Crippen LogP contribution in [0.2, 0.25) is 0 Å². The van der Waals surface area contributed by atoms with Gasteiger partial charge in [-0.15, -0.1) is 0 Å². The lowest BCUT2D eigenvalue weighted by atomic mass is 9.95. The predicted molar refractivity (Wildman–Crippen MR) is 86.4 cm³/mol. The summed E-state index contributed by atoms with van der Waals surface area (Å²) < 4.78 is 0. The number of carbonyl (C=O) groups is 2. The van der Waals surface area contributed by atoms with E-state index in [1.165, 1.54) is 19.3 Å². The molecular formula is C15H18N4O2S. The van der Waals surface area contributed by atoms with Crippen LogP contribution in [0.5, 0.6) is 0 Å². The Bertz CT molecular complexity index is 626. The molecule has 116 valence electrons. The smallest absolute Gasteiger partial charge is 0.290 e. The minimum absolute atomic E-state index is 0.343. The van der Waals surface area contributed by atoms with Crippen molar-refractivity contribution in [2.45, 2.75) is 38.1 Å². The molecule has 0 radical (unpaired) electrons. The summed E-state index contributed by atoms with van der Waals surface area (Å²) in [4.78, 5) is 34.1. The number of nitrogens with one attached hydrogen (secondary N) is 1. The highest BCUT2D eigenvalue weighted by atomic mass is 32.2. The zero-order valence-corrected chi connectivity index (χ0v) is 13.2. The molecule has 1 N–H and O–H groups in total. The van der Waals surface area contributed by atoms with E-state index < -0.39 is 0 Å². The number of nitrogens with zero attached hydrogens (tertiary/aromatic N) is 3. The van der Waals surface area contributed by atoms with Gasteiger partial charge in [0.2, 0.25) is 5.95 Å². The lowest BCUT2D eigenvalue weighted by Crippen LogP contribution is -2.34. The van der Waals surface area contributed by atoms with Crippen molar-refractivity contribution in [3.8, 4) is 0 Å². The first-order valence-corrected chi connectivity index (χ1v) is 8.26. The first kappa shape index (κ1) is 15.0. The second kappa shape index (κ2) is 6.48. The summed E-state index contributed by atoms with van der Waals surface area (Å²) in [5.74, 6) is 0.298. The standard InChI is InChI=1S/C15H18N4O2S/c1-19(11-5-3-2-4-6-11)14-16-8-7-10(17-14)9-12-13(20)18-15(21)22-12/h7-9,11H,2-6H2,1H3,(H,18,20,21)/b12-9+. The maximum atomic E-state index is 11.6. The molecule has 2 fully saturated rings. The van der Waals surface area contributed by atoms with Crippen LogP contribution < -0.4 is 10.2 Å². The maximum absolute atomic E-state index is 11.6. The van der Waals surface area contributed by atoms with E-state index in [9.17, 15) is 9.59 Å². The molecule has 7 heteroatoms. The zero-order valence-electron chi connectivity index (χ0n) is 12.4. The normalized spacial score (nSPS) is 21.2. The van der Waals surface area contributed by atoms with Crippen molar-refractivity contribution in [2.75, 3.05) is 11.9 Å². The van der Waals surface area contributed by atoms with E-state index in [0.29, 0.717) is 22.6 Å². The Hall–Kier alpha value is -1.89. The SMILES string of the molecule is CN(c1nccc(/C=C2/SC(=O)NC2=O)n1)C1CCCCC1. The fraction of sp³-hybridized carbons (Fsp3) is 0.467. The summed E-state index contributed by atoms with van der Waals surface area (Å²) in [5.41, 5.74) is 0.639. The molecule has 1 aliphatic heterocycles. The molecule has 2 amide bonds. The van der Waals surface area contributed by atoms with E-state index in [2.05, 4.69) is 20.2 Å². The minimum atomic E-state index is -0.365. The summed E-state index contributed by atoms with van der Waals surface area (Å²) in [6.07, 6.45) is 9.45. The predicted octanol–water partition coefficient (Wildman–Crippen LogP) is 2.57. The van der Waals surface area contributed by atoms with Crippen LogP contribution in [-0.4, -0.2) is 34.2 Å². The molecule has 0 spiro atoms. The Balaban J connectivity index is 1.79. The summed E-state index contributed by atoms with van der Waals surface area (Å²) in [6.45, 7) is 0. The molecule has 1 saturated carbocycles. The number of hydrogen-bond donors (Lipinski definition) is 1. The van der Waals surface area contributed by atoms with Crippen molar-refractivity contribution in [3.63, 3.8) is 0 Å². The number of hydrogen-bond acceptors (Lipinski definition) is 6. The third-order valence-electron chi connectivity index (χ3n) is 4.02. The van der Waals surface area contributed by atoms with E-state index in [1.807, 2.05) is 7.05 Å². The van der Waals surface area contributed by atoms with Crippen molar-refractivity contribution < 1.29 is 9.59 Å². The van der Waals surface area contributed by atoms with Gasteiger partial charge in [0.25, 0.3) is 11.1 Å². The highest BCUT2D eigenvalue weighted by molar-refractivity contribution is 8.18. The zero-order chi connectivity index (χ0) is 15.5. The van der Waals surface area contributed by atoms with E-state index in [-0.39, 0.29) is 11.1 Å². The summed E-state index contributed by atoms with van der Waals surface area (Å²) in [5, 5.41) is 1.90. The third kappa shape index (κ3) is 3.30. The molecule has 2 aliphatic rings. The van der Waals surface area contributed by atoms with Gasteiger partial charge in [-0.25, -0.2) is 9.97 Å². The van der Waals surface area contributed by atoms with Crippen molar-refractivity contribution in [2.24, 2.45) is 0 Å². The Morgan fingerprint density at radius 2 is 2.09 bits per heavy atom. The van der Waals surface area contributed by atoms with Crippen molar-refractivity contribution >= 4 is 34.9 Å². The lowest BCUT2D eigenvalue weighted by Gasteiger charge is -2.31. The fourth-order valence-corrected chi connectivity index (χ4v) is 3.47. The summed E-state index contributed by atoms with van der Waals surface area (Å²) in [6, 6.07) is 2.21. The van der Waals surface area contributed by atoms with Gasteiger partial charge in [0.05, 0.1) is 10.6 Å². The van der Waals surface area contributed by atoms with Crippen LogP contribution in [0.1, 0.15) is 37.8 Å². The molecule has 0 unspecified atom stereocenters. The van der Waals surface area contributed by atoms with Crippen LogP contribution in [-0.2, 0) is 4.79 Å². The number of amides is 2. The highest BCUT2D eigenvalue weighted by Gasteiger charge is 2.25. The number of aromatic nitrogens is 2. The van der Waals surface area contributed by atoms with Gasteiger partial charge < -0.3 is 4.90 Å². The van der Waals surface area contributed by atoms with Crippen LogP contribution in [0.3, 0.4) is 0 Å². The Kier molecular flexibility index (Phi) is 4.42. The second-order valence-electron chi connectivity index (χ2n) is 5.54. The highest BCUT2D eigenvalue weighted by Crippen LogP contribution is 2.26. The first-order valence-electron chi connectivity index (χ1n) is 7.44. The molecule has 2 heterocycles. The fourth-order valence-electron chi connectivity index (χ4n) is 2.80. The Morgan fingerprint density at radius 1 is 1.32 bits per heavy atom. The van der Waals surface area contributed by atoms with Gasteiger partial charge in [-0.2, -0.15) is 0 Å². The molecule has 1 saturated heterocycles. The molecule has 0 bridgehead atoms. The Labute approximate surface area is 133 Å². The minimum Gasteiger partial charge on any atom is -0.341 e. The van der Waals surface area contributed by atoms with Gasteiger partial charge in [-0.1, -0.05) is 19.3 Å². The summed E-state index contributed by atoms with van der Waals surface area (Å²) in [7, 11) is 2.02. The number of anilines is 1. The quantitative estimate of drug-likeness (QED) is 0.863. The number of thioether (sulfide) groups is 1. The van der Waals surface area contributed by atoms with Crippen LogP contribution >= 0.6 is 11.8 Å². The van der Waals surface area contributed by atoms with Crippen LogP contribution in [0, 0.1) is 0 Å². The first-order chi connectivity index (χ1) is 10.6. The molecule has 0 aromatic carbocycles. The largest absolute Gasteiger partial charge is 0.341 e. The van der Waals surface area contributed by atoms with Crippen molar-refractivity contribution in [3.05, 3.63) is 22.9 Å². The van der Waals surface area contributed by atoms with Crippen molar-refractivity contribution in [1.29, 1.82) is 0 Å². The average molecular weight is 318 g/mol. The van der Waals surface area contributed by atoms with Crippen molar-refractivity contribution in [1.82, 2.24) is 15.3 Å². The van der Waals surface area contributed by atoms with E-state index in [0.717, 1.165) is 24.6 Å². The monoisotopic (exact) mass is 318 g/mol. The third-order valence-corrected chi connectivity index (χ3v) is 4.83. The van der Waals surface area contributed by atoms with Gasteiger partial charge in [0.15, 0.2) is 0 Å². The topological polar surface area (TPSA) is 75.2 Å². The lowest BCUT2D eigenvalue weighted by molar-refractivity contribution is -0.115. The van der Waals surface area contributed by atoms with Gasteiger partial charge in [0, 0.05) is 19.3 Å². The molecule has 0 atom stereocenters. The molecular weight excluding hydrogens is 300 g/mol. The van der Waals surface area contributed by atoms with Gasteiger partial charge in [0.1, 0.15) is 0 Å². The molecule has 22 heavy (non-hydrogen) atoms. The van der Waals surface area contributed by atoms with Gasteiger partial charge >= 0.3 is 0 Å². The molecule has 1 aromatic heterocycles. The van der Waals surface area contributed by atoms with Crippen LogP contribution in [0.4, 0.5) is 10.7 Å². The van der Waals surface area contributed by atoms with Crippen LogP contribution in [0.25, 0.3) is 6.08 Å². The maximum Gasteiger partial charge on any atom is 0.290 e. The number of imide groups is 1. The molecule has 3 rings (SSSR count). The van der Waals surface area contributed by atoms with Gasteiger partial charge in [-0.3, -0.25) is 14.9 Å². The van der Waals surface area contributed by atoms with E-state index in [1.54, 1.807) is 18.3 Å². The number of carbonyl (C=O) groups excluding carboxylic acids is 2. The second-order valence-corrected chi connectivity index (χ2v) is 6.55. The number of rotatable bonds is 3. The Morgan fingerprint density at radius 3 is 2.77 bits per heavy atom. The van der Waals surface area contributed by atoms with E-state index >= 15 is 0 Å². The average Bonchev–Trinajstić information content (AvgIpc) is 2.85. The molecule has 1 aliphatic carbocycles. The van der Waals surface area contributed by atoms with E-state index in [4.69, 9.17) is 0 Å². The van der Waals surface area contributed by atoms with Gasteiger partial charge in [-0.05, 0) is 36.7 Å². The van der Waals surface area contributed by atoms with Crippen LogP contribution in [0.15, 0.2) is 17.2 Å². The molecule has 6 nitrogen and oxygen atoms in total.